The van der Waals surface area contributed by atoms with Crippen LogP contribution in [-0.4, -0.2) is 30.0 Å². The topological polar surface area (TPSA) is 58.6 Å². The monoisotopic (exact) mass is 229 g/mol. The number of ether oxygens (including phenoxy) is 1. The maximum Gasteiger partial charge on any atom is 0.404 e. The molecule has 0 saturated heterocycles. The molecule has 1 amide bonds. The Kier molecular flexibility index (Phi) is 4.59. The zero-order valence-electron chi connectivity index (χ0n) is 10.5. The Morgan fingerprint density at radius 3 is 2.31 bits per heavy atom. The summed E-state index contributed by atoms with van der Waals surface area (Å²) in [5.41, 5.74) is 0.205. The fraction of sp³-hybridized carbons (Fsp3) is 0.917. The molecule has 94 valence electrons. The third kappa shape index (κ3) is 5.35. The summed E-state index contributed by atoms with van der Waals surface area (Å²) in [6.45, 7) is 7.24. The van der Waals surface area contributed by atoms with E-state index in [1.165, 1.54) is 0 Å². The number of amides is 1. The van der Waals surface area contributed by atoms with Crippen LogP contribution in [0.5, 0.6) is 0 Å². The third-order valence-electron chi connectivity index (χ3n) is 2.75. The van der Waals surface area contributed by atoms with E-state index in [-0.39, 0.29) is 11.5 Å². The largest absolute Gasteiger partial charge is 0.465 e. The van der Waals surface area contributed by atoms with Crippen molar-refractivity contribution in [1.82, 2.24) is 5.32 Å². The Hall–Kier alpha value is -0.770. The van der Waals surface area contributed by atoms with Gasteiger partial charge in [-0.2, -0.15) is 0 Å². The summed E-state index contributed by atoms with van der Waals surface area (Å²) in [7, 11) is 0. The second-order valence-corrected chi connectivity index (χ2v) is 5.79. The minimum absolute atomic E-state index is 0.118. The average Bonchev–Trinajstić information content (AvgIpc) is 2.14. The van der Waals surface area contributed by atoms with E-state index in [2.05, 4.69) is 26.1 Å². The van der Waals surface area contributed by atoms with E-state index in [1.54, 1.807) is 0 Å². The fourth-order valence-corrected chi connectivity index (χ4v) is 1.92. The van der Waals surface area contributed by atoms with E-state index in [9.17, 15) is 4.79 Å². The van der Waals surface area contributed by atoms with E-state index < -0.39 is 6.09 Å². The van der Waals surface area contributed by atoms with Crippen molar-refractivity contribution in [2.24, 2.45) is 5.41 Å². The molecule has 0 heterocycles. The minimum Gasteiger partial charge on any atom is -0.465 e. The van der Waals surface area contributed by atoms with Crippen LogP contribution in [0.25, 0.3) is 0 Å². The molecular weight excluding hydrogens is 206 g/mol. The van der Waals surface area contributed by atoms with Gasteiger partial charge >= 0.3 is 6.09 Å². The Labute approximate surface area is 97.4 Å². The lowest BCUT2D eigenvalue weighted by molar-refractivity contribution is -0.0134. The standard InChI is InChI=1S/C12H23NO3/c1-12(2,3)8-16-10-6-4-9(5-7-10)13-11(14)15/h9-10,13H,4-8H2,1-3H3,(H,14,15). The van der Waals surface area contributed by atoms with Gasteiger partial charge in [0.15, 0.2) is 0 Å². The first-order valence-corrected chi connectivity index (χ1v) is 5.98. The fourth-order valence-electron chi connectivity index (χ4n) is 1.92. The molecule has 0 bridgehead atoms. The van der Waals surface area contributed by atoms with Crippen molar-refractivity contribution in [3.8, 4) is 0 Å². The van der Waals surface area contributed by atoms with Crippen molar-refractivity contribution in [2.45, 2.75) is 58.6 Å². The maximum atomic E-state index is 10.5. The highest BCUT2D eigenvalue weighted by atomic mass is 16.5. The van der Waals surface area contributed by atoms with Crippen LogP contribution in [0.3, 0.4) is 0 Å². The molecule has 16 heavy (non-hydrogen) atoms. The zero-order chi connectivity index (χ0) is 12.2. The van der Waals surface area contributed by atoms with Crippen LogP contribution in [0, 0.1) is 5.41 Å². The highest BCUT2D eigenvalue weighted by Crippen LogP contribution is 2.23. The molecule has 0 spiro atoms. The molecule has 0 aliphatic heterocycles. The van der Waals surface area contributed by atoms with Crippen LogP contribution in [0.15, 0.2) is 0 Å². The number of carbonyl (C=O) groups is 1. The maximum absolute atomic E-state index is 10.5. The Morgan fingerprint density at radius 1 is 1.31 bits per heavy atom. The lowest BCUT2D eigenvalue weighted by Gasteiger charge is -2.30. The van der Waals surface area contributed by atoms with Crippen LogP contribution in [0.1, 0.15) is 46.5 Å². The summed E-state index contributed by atoms with van der Waals surface area (Å²) < 4.78 is 5.83. The quantitative estimate of drug-likeness (QED) is 0.782. The summed E-state index contributed by atoms with van der Waals surface area (Å²) in [4.78, 5) is 10.5. The summed E-state index contributed by atoms with van der Waals surface area (Å²) in [6, 6.07) is 0.118. The molecule has 0 atom stereocenters. The predicted octanol–water partition coefficient (Wildman–Crippen LogP) is 2.63. The van der Waals surface area contributed by atoms with Gasteiger partial charge in [-0.15, -0.1) is 0 Å². The van der Waals surface area contributed by atoms with Crippen LogP contribution in [-0.2, 0) is 4.74 Å². The SMILES string of the molecule is CC(C)(C)COC1CCC(NC(=O)O)CC1. The van der Waals surface area contributed by atoms with Crippen LogP contribution < -0.4 is 5.32 Å². The van der Waals surface area contributed by atoms with E-state index in [0.717, 1.165) is 32.3 Å². The van der Waals surface area contributed by atoms with Crippen molar-refractivity contribution in [2.75, 3.05) is 6.61 Å². The summed E-state index contributed by atoms with van der Waals surface area (Å²) in [5.74, 6) is 0. The molecule has 1 aliphatic rings. The van der Waals surface area contributed by atoms with E-state index in [1.807, 2.05) is 0 Å². The van der Waals surface area contributed by atoms with Gasteiger partial charge in [-0.05, 0) is 31.1 Å². The Bertz CT molecular complexity index is 227. The van der Waals surface area contributed by atoms with Crippen molar-refractivity contribution in [1.29, 1.82) is 0 Å². The van der Waals surface area contributed by atoms with Gasteiger partial charge in [0, 0.05) is 6.04 Å². The molecule has 0 unspecified atom stereocenters. The number of carboxylic acid groups (broad SMARTS) is 1. The smallest absolute Gasteiger partial charge is 0.404 e. The number of hydrogen-bond donors (Lipinski definition) is 2. The van der Waals surface area contributed by atoms with Crippen molar-refractivity contribution in [3.05, 3.63) is 0 Å². The first-order valence-electron chi connectivity index (χ1n) is 5.98. The van der Waals surface area contributed by atoms with Crippen LogP contribution in [0.4, 0.5) is 4.79 Å². The van der Waals surface area contributed by atoms with E-state index >= 15 is 0 Å². The second-order valence-electron chi connectivity index (χ2n) is 5.79. The first kappa shape index (κ1) is 13.3. The molecule has 2 N–H and O–H groups in total. The van der Waals surface area contributed by atoms with Gasteiger partial charge in [0.05, 0.1) is 12.7 Å². The molecule has 1 rings (SSSR count). The zero-order valence-corrected chi connectivity index (χ0v) is 10.5. The predicted molar refractivity (Wildman–Crippen MR) is 62.6 cm³/mol. The highest BCUT2D eigenvalue weighted by Gasteiger charge is 2.23. The normalized spacial score (nSPS) is 26.4. The van der Waals surface area contributed by atoms with Crippen molar-refractivity contribution >= 4 is 6.09 Å². The Balaban J connectivity index is 2.19. The Morgan fingerprint density at radius 2 is 1.88 bits per heavy atom. The van der Waals surface area contributed by atoms with Crippen LogP contribution in [0.2, 0.25) is 0 Å². The third-order valence-corrected chi connectivity index (χ3v) is 2.75. The van der Waals surface area contributed by atoms with Crippen molar-refractivity contribution < 1.29 is 14.6 Å². The molecular formula is C12H23NO3. The van der Waals surface area contributed by atoms with E-state index in [4.69, 9.17) is 9.84 Å². The summed E-state index contributed by atoms with van der Waals surface area (Å²) in [6.07, 6.45) is 3.09. The molecule has 0 radical (unpaired) electrons. The average molecular weight is 229 g/mol. The molecule has 4 nitrogen and oxygen atoms in total. The molecule has 4 heteroatoms. The van der Waals surface area contributed by atoms with E-state index in [0.29, 0.717) is 6.10 Å². The lowest BCUT2D eigenvalue weighted by atomic mass is 9.92. The number of rotatable bonds is 3. The van der Waals surface area contributed by atoms with Gasteiger partial charge in [0.1, 0.15) is 0 Å². The van der Waals surface area contributed by atoms with Gasteiger partial charge in [-0.25, -0.2) is 4.79 Å². The molecule has 0 aromatic carbocycles. The first-order chi connectivity index (χ1) is 7.37. The lowest BCUT2D eigenvalue weighted by Crippen LogP contribution is -2.38. The number of hydrogen-bond acceptors (Lipinski definition) is 2. The molecule has 0 aromatic rings. The highest BCUT2D eigenvalue weighted by molar-refractivity contribution is 5.64. The van der Waals surface area contributed by atoms with Crippen molar-refractivity contribution in [3.63, 3.8) is 0 Å². The summed E-state index contributed by atoms with van der Waals surface area (Å²) in [5, 5.41) is 11.1. The molecule has 0 aromatic heterocycles. The minimum atomic E-state index is -0.918. The second kappa shape index (κ2) is 5.53. The van der Waals surface area contributed by atoms with Gasteiger partial charge in [0.25, 0.3) is 0 Å². The van der Waals surface area contributed by atoms with Gasteiger partial charge in [-0.3, -0.25) is 0 Å². The van der Waals surface area contributed by atoms with Gasteiger partial charge in [-0.1, -0.05) is 20.8 Å². The molecule has 1 aliphatic carbocycles. The molecule has 1 saturated carbocycles. The van der Waals surface area contributed by atoms with Gasteiger partial charge in [0.2, 0.25) is 0 Å². The van der Waals surface area contributed by atoms with Gasteiger partial charge < -0.3 is 15.2 Å². The van der Waals surface area contributed by atoms with Crippen LogP contribution >= 0.6 is 0 Å². The summed E-state index contributed by atoms with van der Waals surface area (Å²) >= 11 is 0. The molecule has 1 fully saturated rings. The number of nitrogens with one attached hydrogen (secondary N) is 1.